The van der Waals surface area contributed by atoms with Gasteiger partial charge in [-0.2, -0.15) is 0 Å². The monoisotopic (exact) mass is 357 g/mol. The van der Waals surface area contributed by atoms with Crippen molar-refractivity contribution in [2.75, 3.05) is 7.05 Å². The Labute approximate surface area is 118 Å². The topological polar surface area (TPSA) is 29.9 Å². The molecule has 5 heteroatoms. The summed E-state index contributed by atoms with van der Waals surface area (Å²) in [5.74, 6) is 0. The number of aryl methyl sites for hydroxylation is 1. The van der Waals surface area contributed by atoms with Gasteiger partial charge in [-0.05, 0) is 30.8 Å². The maximum Gasteiger partial charge on any atom is 0.0947 e. The van der Waals surface area contributed by atoms with Gasteiger partial charge in [-0.1, -0.05) is 31.9 Å². The molecule has 0 spiro atoms. The summed E-state index contributed by atoms with van der Waals surface area (Å²) in [5, 5.41) is 3.28. The van der Waals surface area contributed by atoms with Crippen molar-refractivity contribution in [1.29, 1.82) is 0 Å². The van der Waals surface area contributed by atoms with Crippen molar-refractivity contribution in [3.8, 4) is 0 Å². The van der Waals surface area contributed by atoms with E-state index >= 15 is 0 Å². The van der Waals surface area contributed by atoms with Gasteiger partial charge < -0.3 is 9.88 Å². The van der Waals surface area contributed by atoms with Crippen LogP contribution < -0.4 is 5.32 Å². The molecule has 0 aliphatic carbocycles. The van der Waals surface area contributed by atoms with Crippen LogP contribution in [0.1, 0.15) is 17.3 Å². The number of nitrogens with one attached hydrogen (secondary N) is 1. The lowest BCUT2D eigenvalue weighted by molar-refractivity contribution is 0.673. The standard InChI is InChI=1S/C12H13Br2N3/c1-15-12(11-6-17(2)7-16-11)8-3-9(13)5-10(14)4-8/h3-7,12,15H,1-2H3. The molecule has 1 heterocycles. The van der Waals surface area contributed by atoms with Crippen LogP contribution in [-0.4, -0.2) is 16.6 Å². The van der Waals surface area contributed by atoms with E-state index in [1.165, 1.54) is 5.56 Å². The van der Waals surface area contributed by atoms with Gasteiger partial charge in [-0.3, -0.25) is 0 Å². The third-order valence-electron chi connectivity index (χ3n) is 2.53. The number of nitrogens with zero attached hydrogens (tertiary/aromatic N) is 2. The minimum atomic E-state index is 0.102. The van der Waals surface area contributed by atoms with Crippen LogP contribution in [0.25, 0.3) is 0 Å². The van der Waals surface area contributed by atoms with Gasteiger partial charge >= 0.3 is 0 Å². The van der Waals surface area contributed by atoms with E-state index in [0.29, 0.717) is 0 Å². The van der Waals surface area contributed by atoms with E-state index in [1.54, 1.807) is 0 Å². The third kappa shape index (κ3) is 2.97. The predicted molar refractivity (Wildman–Crippen MR) is 76.0 cm³/mol. The van der Waals surface area contributed by atoms with Gasteiger partial charge in [0.15, 0.2) is 0 Å². The molecule has 0 bridgehead atoms. The number of hydrogen-bond donors (Lipinski definition) is 1. The Morgan fingerprint density at radius 3 is 2.35 bits per heavy atom. The highest BCUT2D eigenvalue weighted by atomic mass is 79.9. The molecule has 0 radical (unpaired) electrons. The Morgan fingerprint density at radius 2 is 1.88 bits per heavy atom. The molecule has 0 aliphatic heterocycles. The van der Waals surface area contributed by atoms with Crippen molar-refractivity contribution in [1.82, 2.24) is 14.9 Å². The van der Waals surface area contributed by atoms with Gasteiger partial charge in [0.1, 0.15) is 0 Å². The molecule has 3 nitrogen and oxygen atoms in total. The molecule has 0 saturated carbocycles. The van der Waals surface area contributed by atoms with Crippen LogP contribution in [-0.2, 0) is 7.05 Å². The first-order valence-electron chi connectivity index (χ1n) is 5.21. The maximum atomic E-state index is 4.39. The first-order valence-corrected chi connectivity index (χ1v) is 6.80. The van der Waals surface area contributed by atoms with E-state index in [0.717, 1.165) is 14.6 Å². The largest absolute Gasteiger partial charge is 0.340 e. The van der Waals surface area contributed by atoms with Crippen molar-refractivity contribution < 1.29 is 0 Å². The van der Waals surface area contributed by atoms with Gasteiger partial charge in [-0.25, -0.2) is 4.98 Å². The Kier molecular flexibility index (Phi) is 4.01. The summed E-state index contributed by atoms with van der Waals surface area (Å²) in [6.45, 7) is 0. The van der Waals surface area contributed by atoms with E-state index in [4.69, 9.17) is 0 Å². The molecule has 1 aromatic heterocycles. The molecule has 0 saturated heterocycles. The fourth-order valence-corrected chi connectivity index (χ4v) is 3.14. The van der Waals surface area contributed by atoms with E-state index in [1.807, 2.05) is 37.3 Å². The Balaban J connectivity index is 2.41. The Morgan fingerprint density at radius 1 is 1.24 bits per heavy atom. The van der Waals surface area contributed by atoms with Crippen LogP contribution in [0.15, 0.2) is 39.7 Å². The van der Waals surface area contributed by atoms with E-state index < -0.39 is 0 Å². The van der Waals surface area contributed by atoms with Gasteiger partial charge in [0.2, 0.25) is 0 Å². The summed E-state index contributed by atoms with van der Waals surface area (Å²) < 4.78 is 4.06. The zero-order chi connectivity index (χ0) is 12.4. The second-order valence-electron chi connectivity index (χ2n) is 3.89. The molecule has 1 N–H and O–H groups in total. The zero-order valence-corrected chi connectivity index (χ0v) is 12.8. The van der Waals surface area contributed by atoms with E-state index in [2.05, 4.69) is 54.3 Å². The van der Waals surface area contributed by atoms with Gasteiger partial charge in [0, 0.05) is 22.2 Å². The summed E-state index contributed by atoms with van der Waals surface area (Å²) in [7, 11) is 3.91. The van der Waals surface area contributed by atoms with E-state index in [9.17, 15) is 0 Å². The average molecular weight is 359 g/mol. The average Bonchev–Trinajstić information content (AvgIpc) is 2.64. The van der Waals surface area contributed by atoms with Crippen molar-refractivity contribution >= 4 is 31.9 Å². The van der Waals surface area contributed by atoms with Crippen molar-refractivity contribution in [3.63, 3.8) is 0 Å². The normalized spacial score (nSPS) is 12.7. The molecule has 1 aromatic carbocycles. The Bertz CT molecular complexity index is 502. The molecular formula is C12H13Br2N3. The van der Waals surface area contributed by atoms with Crippen LogP contribution in [0, 0.1) is 0 Å². The van der Waals surface area contributed by atoms with Gasteiger partial charge in [0.05, 0.1) is 18.1 Å². The fourth-order valence-electron chi connectivity index (χ4n) is 1.81. The first kappa shape index (κ1) is 12.8. The van der Waals surface area contributed by atoms with Gasteiger partial charge in [0.25, 0.3) is 0 Å². The number of aromatic nitrogens is 2. The van der Waals surface area contributed by atoms with Crippen LogP contribution in [0.4, 0.5) is 0 Å². The summed E-state index contributed by atoms with van der Waals surface area (Å²) in [6, 6.07) is 6.32. The number of imidazole rings is 1. The molecule has 0 fully saturated rings. The zero-order valence-electron chi connectivity index (χ0n) is 9.61. The second-order valence-corrected chi connectivity index (χ2v) is 5.72. The van der Waals surface area contributed by atoms with Crippen LogP contribution in [0.3, 0.4) is 0 Å². The van der Waals surface area contributed by atoms with Crippen molar-refractivity contribution in [2.45, 2.75) is 6.04 Å². The minimum Gasteiger partial charge on any atom is -0.340 e. The number of hydrogen-bond acceptors (Lipinski definition) is 2. The highest BCUT2D eigenvalue weighted by Gasteiger charge is 2.15. The van der Waals surface area contributed by atoms with Crippen LogP contribution in [0.2, 0.25) is 0 Å². The van der Waals surface area contributed by atoms with Crippen molar-refractivity contribution in [2.24, 2.45) is 7.05 Å². The lowest BCUT2D eigenvalue weighted by Crippen LogP contribution is -2.18. The molecule has 17 heavy (non-hydrogen) atoms. The molecule has 90 valence electrons. The summed E-state index contributed by atoms with van der Waals surface area (Å²) >= 11 is 7.01. The SMILES string of the molecule is CNC(c1cc(Br)cc(Br)c1)c1cn(C)cn1. The lowest BCUT2D eigenvalue weighted by Gasteiger charge is -2.15. The highest BCUT2D eigenvalue weighted by Crippen LogP contribution is 2.27. The van der Waals surface area contributed by atoms with E-state index in [-0.39, 0.29) is 6.04 Å². The van der Waals surface area contributed by atoms with Crippen LogP contribution in [0.5, 0.6) is 0 Å². The molecule has 1 atom stereocenters. The summed E-state index contributed by atoms with van der Waals surface area (Å²) in [4.78, 5) is 4.39. The summed E-state index contributed by atoms with van der Waals surface area (Å²) in [6.07, 6.45) is 3.84. The quantitative estimate of drug-likeness (QED) is 0.912. The lowest BCUT2D eigenvalue weighted by atomic mass is 10.0. The van der Waals surface area contributed by atoms with Crippen molar-refractivity contribution in [3.05, 3.63) is 50.9 Å². The van der Waals surface area contributed by atoms with Gasteiger partial charge in [-0.15, -0.1) is 0 Å². The predicted octanol–water partition coefficient (Wildman–Crippen LogP) is 3.25. The highest BCUT2D eigenvalue weighted by molar-refractivity contribution is 9.11. The van der Waals surface area contributed by atoms with Crippen LogP contribution >= 0.6 is 31.9 Å². The smallest absolute Gasteiger partial charge is 0.0947 e. The molecule has 0 amide bonds. The first-order chi connectivity index (χ1) is 8.10. The maximum absolute atomic E-state index is 4.39. The molecule has 2 rings (SSSR count). The minimum absolute atomic E-state index is 0.102. The second kappa shape index (κ2) is 5.33. The fraction of sp³-hybridized carbons (Fsp3) is 0.250. The molecular weight excluding hydrogens is 346 g/mol. The number of rotatable bonds is 3. The third-order valence-corrected chi connectivity index (χ3v) is 3.44. The number of halogens is 2. The molecule has 0 aliphatic rings. The molecule has 1 unspecified atom stereocenters. The Hall–Kier alpha value is -0.650. The number of benzene rings is 1. The summed E-state index contributed by atoms with van der Waals surface area (Å²) in [5.41, 5.74) is 2.19. The molecule has 2 aromatic rings.